The third kappa shape index (κ3) is 17.9. The number of aromatic nitrogens is 11. The fourth-order valence-electron chi connectivity index (χ4n) is 11.5. The second-order valence-electron chi connectivity index (χ2n) is 23.7. The SMILES string of the molecule is [2H]c1c(Cl)c(Oc2n[nH]c(=O)c3c2CCC3C)c(Cl)c([2H])c1-n1nc(C#N)c(=O)[nH]c1=O.[2H]c1c(Cl)c(Oc2n[nH]c(=O)c3c2CCC3C)c(Cl)c([2H])c1N/N=C(/C#N)C(=O)NC(=O)OCC.[2H]c1c(Cl)c(Oc2n[nH]c(=O)c3c2CCC3C)c(Cl)c([2H])c1NC(C)=O.[2H]c1c(N)c([2H])c(Cl)c(Oc2n[nH]c(=O)c3c2CCC3C)c1Cl. The summed E-state index contributed by atoms with van der Waals surface area (Å²) in [7, 11) is 0. The minimum Gasteiger partial charge on any atom is -0.450 e. The van der Waals surface area contributed by atoms with E-state index in [-0.39, 0.29) is 180 Å². The molecular formula is C68H58Cl8N18O14. The first kappa shape index (κ1) is 69.0. The first-order chi connectivity index (χ1) is 54.8. The molecule has 0 saturated carbocycles. The lowest BCUT2D eigenvalue weighted by atomic mass is 10.1. The van der Waals surface area contributed by atoms with Crippen LogP contribution in [0.15, 0.2) is 82.2 Å². The Morgan fingerprint density at radius 3 is 1.24 bits per heavy atom. The van der Waals surface area contributed by atoms with E-state index >= 15 is 0 Å². The number of hydrazone groups is 1. The third-order valence-corrected chi connectivity index (χ3v) is 18.6. The highest BCUT2D eigenvalue weighted by Crippen LogP contribution is 2.46. The number of nitrogens with one attached hydrogen (secondary N) is 8. The van der Waals surface area contributed by atoms with Crippen molar-refractivity contribution >= 4 is 133 Å². The summed E-state index contributed by atoms with van der Waals surface area (Å²) in [6.07, 6.45) is 4.31. The van der Waals surface area contributed by atoms with Crippen LogP contribution in [0.2, 0.25) is 40.2 Å². The van der Waals surface area contributed by atoms with E-state index in [0.717, 1.165) is 25.7 Å². The zero-order valence-electron chi connectivity index (χ0n) is 64.5. The fraction of sp³-hybridized carbons (Fsp3) is 0.279. The molecule has 0 bridgehead atoms. The monoisotopic (exact) mass is 1640 g/mol. The molecule has 4 aromatic carbocycles. The van der Waals surface area contributed by atoms with Crippen LogP contribution in [0.1, 0.15) is 152 Å². The van der Waals surface area contributed by atoms with Gasteiger partial charge in [0.1, 0.15) is 12.1 Å². The second-order valence-corrected chi connectivity index (χ2v) is 26.7. The number of amides is 3. The quantitative estimate of drug-likeness (QED) is 0.0277. The maximum absolute atomic E-state index is 12.2. The van der Waals surface area contributed by atoms with E-state index < -0.39 is 70.4 Å². The highest BCUT2D eigenvalue weighted by atomic mass is 35.5. The van der Waals surface area contributed by atoms with Crippen molar-refractivity contribution in [1.29, 1.82) is 10.5 Å². The van der Waals surface area contributed by atoms with Gasteiger partial charge in [-0.3, -0.25) is 49.3 Å². The molecule has 560 valence electrons. The predicted molar refractivity (Wildman–Crippen MR) is 402 cm³/mol. The molecule has 0 aliphatic heterocycles. The number of imide groups is 1. The van der Waals surface area contributed by atoms with E-state index in [1.54, 1.807) is 5.32 Å². The van der Waals surface area contributed by atoms with Gasteiger partial charge in [-0.2, -0.15) is 20.3 Å². The van der Waals surface area contributed by atoms with Gasteiger partial charge in [0.2, 0.25) is 40.8 Å². The molecule has 4 unspecified atom stereocenters. The lowest BCUT2D eigenvalue weighted by Crippen LogP contribution is -2.36. The number of fused-ring (bicyclic) bond motifs is 4. The number of hydrogen-bond donors (Lipinski definition) is 9. The number of nitrogens with two attached hydrogens (primary N) is 1. The maximum atomic E-state index is 12.2. The molecule has 4 aliphatic carbocycles. The van der Waals surface area contributed by atoms with Crippen LogP contribution in [-0.4, -0.2) is 85.8 Å². The Bertz CT molecular complexity index is 6020. The van der Waals surface area contributed by atoms with Crippen LogP contribution in [0.3, 0.4) is 0 Å². The summed E-state index contributed by atoms with van der Waals surface area (Å²) in [5.74, 6) is -1.72. The molecule has 40 heteroatoms. The largest absolute Gasteiger partial charge is 0.450 e. The Morgan fingerprint density at radius 2 is 0.907 bits per heavy atom. The van der Waals surface area contributed by atoms with Gasteiger partial charge in [-0.05, 0) is 130 Å². The summed E-state index contributed by atoms with van der Waals surface area (Å²) >= 11 is 49.7. The van der Waals surface area contributed by atoms with Gasteiger partial charge in [-0.25, -0.2) is 30.0 Å². The van der Waals surface area contributed by atoms with Gasteiger partial charge in [0.15, 0.2) is 23.0 Å². The van der Waals surface area contributed by atoms with Gasteiger partial charge in [-0.15, -0.1) is 25.5 Å². The number of halogens is 8. The minimum atomic E-state index is -1.17. The van der Waals surface area contributed by atoms with Crippen LogP contribution in [0.25, 0.3) is 5.69 Å². The van der Waals surface area contributed by atoms with Gasteiger partial charge in [-0.1, -0.05) is 121 Å². The number of ether oxygens (including phenoxy) is 5. The fourth-order valence-corrected chi connectivity index (χ4v) is 13.5. The van der Waals surface area contributed by atoms with E-state index in [1.807, 2.05) is 32.7 Å². The van der Waals surface area contributed by atoms with Gasteiger partial charge >= 0.3 is 11.8 Å². The molecule has 0 radical (unpaired) electrons. The third-order valence-electron chi connectivity index (χ3n) is 16.4. The van der Waals surface area contributed by atoms with Crippen LogP contribution in [-0.2, 0) is 40.0 Å². The molecule has 5 aromatic heterocycles. The Morgan fingerprint density at radius 1 is 0.565 bits per heavy atom. The average Bonchev–Trinajstić information content (AvgIpc) is 1.05. The molecule has 5 heterocycles. The first-order valence-electron chi connectivity index (χ1n) is 35.8. The summed E-state index contributed by atoms with van der Waals surface area (Å²) in [6, 6.07) is -0.119. The number of carbonyl (C=O) groups is 3. The van der Waals surface area contributed by atoms with Crippen molar-refractivity contribution in [3.05, 3.63) is 201 Å². The molecule has 3 amide bonds. The molecule has 0 spiro atoms. The number of aromatic amines is 5. The van der Waals surface area contributed by atoms with Crippen molar-refractivity contribution in [3.63, 3.8) is 0 Å². The molecule has 4 atom stereocenters. The topological polar surface area (TPSA) is 470 Å². The van der Waals surface area contributed by atoms with E-state index in [2.05, 4.69) is 66.5 Å². The van der Waals surface area contributed by atoms with Crippen molar-refractivity contribution in [1.82, 2.24) is 60.9 Å². The smallest absolute Gasteiger partial charge is 0.414 e. The number of H-pyrrole nitrogens is 5. The van der Waals surface area contributed by atoms with Crippen LogP contribution in [0, 0.1) is 22.7 Å². The van der Waals surface area contributed by atoms with Crippen molar-refractivity contribution < 1.29 is 49.0 Å². The predicted octanol–water partition coefficient (Wildman–Crippen LogP) is 12.9. The molecule has 10 N–H and O–H groups in total. The molecule has 4 aliphatic rings. The summed E-state index contributed by atoms with van der Waals surface area (Å²) in [4.78, 5) is 108. The molecular weight excluding hydrogens is 1580 g/mol. The molecule has 13 rings (SSSR count). The Kier molecular flexibility index (Phi) is 22.0. The number of nitrogen functional groups attached to an aromatic ring is 1. The van der Waals surface area contributed by atoms with Crippen LogP contribution < -0.4 is 74.2 Å². The highest BCUT2D eigenvalue weighted by molar-refractivity contribution is 6.47. The van der Waals surface area contributed by atoms with Crippen LogP contribution >= 0.6 is 92.8 Å². The van der Waals surface area contributed by atoms with Crippen LogP contribution in [0.5, 0.6) is 46.5 Å². The van der Waals surface area contributed by atoms with Crippen LogP contribution in [0.4, 0.5) is 21.9 Å². The van der Waals surface area contributed by atoms with Gasteiger partial charge in [0.25, 0.3) is 33.7 Å². The van der Waals surface area contributed by atoms with E-state index in [9.17, 15) is 43.2 Å². The number of nitrogens with zero attached hydrogens (tertiary/aromatic N) is 9. The first-order valence-corrected chi connectivity index (χ1v) is 34.8. The second kappa shape index (κ2) is 34.4. The maximum Gasteiger partial charge on any atom is 0.414 e. The van der Waals surface area contributed by atoms with Crippen molar-refractivity contribution in [3.8, 4) is 64.3 Å². The normalized spacial score (nSPS) is 16.5. The van der Waals surface area contributed by atoms with Gasteiger partial charge < -0.3 is 34.7 Å². The average molecular weight is 1640 g/mol. The van der Waals surface area contributed by atoms with E-state index in [0.29, 0.717) is 74.9 Å². The van der Waals surface area contributed by atoms with E-state index in [1.165, 1.54) is 26.0 Å². The molecule has 0 saturated heterocycles. The Labute approximate surface area is 660 Å². The van der Waals surface area contributed by atoms with Gasteiger partial charge in [0.05, 0.1) is 69.1 Å². The number of hydrogen-bond acceptors (Lipinski definition) is 24. The number of carbonyl (C=O) groups excluding carboxylic acids is 3. The summed E-state index contributed by atoms with van der Waals surface area (Å²) in [5, 5.41) is 52.7. The number of rotatable bonds is 14. The van der Waals surface area contributed by atoms with Crippen molar-refractivity contribution in [2.24, 2.45) is 5.10 Å². The Hall–Kier alpha value is -10.8. The minimum absolute atomic E-state index is 0.00147. The number of benzene rings is 4. The van der Waals surface area contributed by atoms with Crippen molar-refractivity contribution in [2.75, 3.05) is 23.1 Å². The number of nitriles is 2. The zero-order valence-corrected chi connectivity index (χ0v) is 62.6. The highest BCUT2D eigenvalue weighted by Gasteiger charge is 2.33. The lowest BCUT2D eigenvalue weighted by Gasteiger charge is -2.13. The standard InChI is InChI=1S/C20H18Cl2N6O5.C18H12Cl2N6O4.C16H15Cl2N3O3.C14H13Cl2N3O2/c1-3-32-20(31)24-17(29)14(8-23)26-25-10-6-12(21)16(13(22)7-10)33-19-11-5-4-9(2)15(11)18(30)27-28-19;1-7-2-3-9-13(7)16(28)23-24-17(9)30-14-10(19)4-8(5-11(14)20)26-18(29)22-15(27)12(6-21)25-26;1-7-3-4-10-13(7)15(23)20-21-16(10)24-14-11(17)5-9(6-12(14)18)19-8(2)22;1-6-2-3-8-11(6)13(20)18-19-14(8)21-12-9(15)4-7(17)5-10(12)16/h6-7,9,25H,3-5H2,1-2H3,(H,27,30)(H,24,29,31);4-5,7H,2-3H2,1H3,(H,23,28)(H,22,27,29);5-7H,3-4H2,1-2H3,(H,19,22)(H,20,23);4-6H,2-3,17H2,1H3,(H,18,20)/b26-14-;;;/i6D,7D;4D,5D;5D,6D;4D,5D. The molecule has 0 fully saturated rings. The molecule has 32 nitrogen and oxygen atoms in total. The van der Waals surface area contributed by atoms with Crippen molar-refractivity contribution in [2.45, 2.75) is 117 Å². The summed E-state index contributed by atoms with van der Waals surface area (Å²) in [5.41, 5.74) is 6.95. The number of alkyl carbamates (subject to hydrolysis) is 1. The number of anilines is 3. The zero-order chi connectivity index (χ0) is 85.2. The molecule has 9 aromatic rings. The molecule has 108 heavy (non-hydrogen) atoms. The summed E-state index contributed by atoms with van der Waals surface area (Å²) in [6.45, 7) is 10.5. The summed E-state index contributed by atoms with van der Waals surface area (Å²) < 4.78 is 92.9. The lowest BCUT2D eigenvalue weighted by molar-refractivity contribution is -0.115. The van der Waals surface area contributed by atoms with E-state index in [4.69, 9.17) is 139 Å². The Balaban J connectivity index is 0.000000165. The van der Waals surface area contributed by atoms with Gasteiger partial charge in [0, 0.05) is 62.8 Å².